The van der Waals surface area contributed by atoms with Crippen molar-refractivity contribution >= 4 is 11.3 Å². The van der Waals surface area contributed by atoms with Gasteiger partial charge in [-0.1, -0.05) is 35.7 Å². The second kappa shape index (κ2) is 3.69. The highest BCUT2D eigenvalue weighted by molar-refractivity contribution is 7.11. The Morgan fingerprint density at radius 3 is 2.43 bits per heavy atom. The lowest BCUT2D eigenvalue weighted by molar-refractivity contribution is 1.47. The first-order valence-electron chi connectivity index (χ1n) is 4.42. The number of terminal acetylenes is 1. The quantitative estimate of drug-likeness (QED) is 0.613. The van der Waals surface area contributed by atoms with Crippen molar-refractivity contribution in [2.24, 2.45) is 0 Å². The molecule has 0 radical (unpaired) electrons. The minimum absolute atomic E-state index is 0.987. The van der Waals surface area contributed by atoms with Crippen LogP contribution in [0, 0.1) is 19.3 Å². The summed E-state index contributed by atoms with van der Waals surface area (Å²) < 4.78 is 0. The molecule has 0 fully saturated rings. The first-order valence-corrected chi connectivity index (χ1v) is 5.30. The molecule has 0 unspecified atom stereocenters. The van der Waals surface area contributed by atoms with E-state index in [1.165, 1.54) is 16.7 Å². The summed E-state index contributed by atoms with van der Waals surface area (Å²) in [7, 11) is 0. The molecule has 0 spiro atoms. The van der Waals surface area contributed by atoms with E-state index in [1.54, 1.807) is 11.3 Å². The third-order valence-electron chi connectivity index (χ3n) is 2.13. The molecule has 0 amide bonds. The molecule has 1 heteroatoms. The zero-order valence-corrected chi connectivity index (χ0v) is 8.77. The van der Waals surface area contributed by atoms with Crippen LogP contribution in [-0.2, 0) is 0 Å². The summed E-state index contributed by atoms with van der Waals surface area (Å²) in [5, 5.41) is 2.10. The van der Waals surface area contributed by atoms with Crippen LogP contribution >= 0.6 is 11.3 Å². The molecule has 0 saturated carbocycles. The standard InChI is InChI=1S/C13H10S/c1-3-13-8-12(9-14-13)11-6-4-10(2)5-7-11/h1,4-9H,2H3. The van der Waals surface area contributed by atoms with Gasteiger partial charge in [0.1, 0.15) is 0 Å². The van der Waals surface area contributed by atoms with Crippen LogP contribution in [0.1, 0.15) is 10.4 Å². The average Bonchev–Trinajstić information content (AvgIpc) is 2.67. The molecule has 1 heterocycles. The van der Waals surface area contributed by atoms with Gasteiger partial charge in [-0.25, -0.2) is 0 Å². The van der Waals surface area contributed by atoms with Gasteiger partial charge in [0, 0.05) is 0 Å². The van der Waals surface area contributed by atoms with Gasteiger partial charge in [-0.15, -0.1) is 17.8 Å². The summed E-state index contributed by atoms with van der Waals surface area (Å²) in [6, 6.07) is 10.5. The van der Waals surface area contributed by atoms with Crippen molar-refractivity contribution in [3.8, 4) is 23.5 Å². The summed E-state index contributed by atoms with van der Waals surface area (Å²) in [5.74, 6) is 2.65. The van der Waals surface area contributed by atoms with E-state index in [4.69, 9.17) is 6.42 Å². The van der Waals surface area contributed by atoms with E-state index in [0.717, 1.165) is 4.88 Å². The van der Waals surface area contributed by atoms with Crippen molar-refractivity contribution in [3.05, 3.63) is 46.2 Å². The van der Waals surface area contributed by atoms with Crippen molar-refractivity contribution < 1.29 is 0 Å². The predicted octanol–water partition coefficient (Wildman–Crippen LogP) is 3.70. The van der Waals surface area contributed by atoms with Gasteiger partial charge in [-0.2, -0.15) is 0 Å². The SMILES string of the molecule is C#Cc1cc(-c2ccc(C)cc2)cs1. The third-order valence-corrected chi connectivity index (χ3v) is 2.99. The van der Waals surface area contributed by atoms with E-state index in [2.05, 4.69) is 48.6 Å². The summed E-state index contributed by atoms with van der Waals surface area (Å²) in [6.45, 7) is 2.09. The monoisotopic (exact) mass is 198 g/mol. The van der Waals surface area contributed by atoms with Gasteiger partial charge in [-0.05, 0) is 29.5 Å². The van der Waals surface area contributed by atoms with E-state index < -0.39 is 0 Å². The van der Waals surface area contributed by atoms with Gasteiger partial charge < -0.3 is 0 Å². The molecular formula is C13H10S. The van der Waals surface area contributed by atoms with Crippen LogP contribution < -0.4 is 0 Å². The Morgan fingerprint density at radius 2 is 1.86 bits per heavy atom. The Balaban J connectivity index is 2.40. The summed E-state index contributed by atoms with van der Waals surface area (Å²) in [4.78, 5) is 0.987. The van der Waals surface area contributed by atoms with Crippen molar-refractivity contribution in [2.45, 2.75) is 6.92 Å². The number of thiophene rings is 1. The topological polar surface area (TPSA) is 0 Å². The molecule has 0 atom stereocenters. The van der Waals surface area contributed by atoms with Gasteiger partial charge >= 0.3 is 0 Å². The zero-order chi connectivity index (χ0) is 9.97. The van der Waals surface area contributed by atoms with Crippen molar-refractivity contribution in [1.29, 1.82) is 0 Å². The average molecular weight is 198 g/mol. The van der Waals surface area contributed by atoms with Crippen molar-refractivity contribution in [2.75, 3.05) is 0 Å². The lowest BCUT2D eigenvalue weighted by Gasteiger charge is -1.97. The Hall–Kier alpha value is -1.52. The zero-order valence-electron chi connectivity index (χ0n) is 7.95. The number of benzene rings is 1. The molecule has 0 saturated heterocycles. The van der Waals surface area contributed by atoms with Crippen LogP contribution in [-0.4, -0.2) is 0 Å². The van der Waals surface area contributed by atoms with Crippen LogP contribution in [0.15, 0.2) is 35.7 Å². The Labute approximate surface area is 88.2 Å². The molecule has 0 aliphatic heterocycles. The molecule has 1 aromatic heterocycles. The van der Waals surface area contributed by atoms with Crippen molar-refractivity contribution in [1.82, 2.24) is 0 Å². The number of aryl methyl sites for hydroxylation is 1. The summed E-state index contributed by atoms with van der Waals surface area (Å²) in [5.41, 5.74) is 3.72. The van der Waals surface area contributed by atoms with Gasteiger partial charge in [0.05, 0.1) is 4.88 Å². The van der Waals surface area contributed by atoms with E-state index >= 15 is 0 Å². The largest absolute Gasteiger partial charge is 0.135 e. The van der Waals surface area contributed by atoms with Crippen LogP contribution in [0.4, 0.5) is 0 Å². The normalized spacial score (nSPS) is 9.71. The Bertz CT molecular complexity index is 469. The predicted molar refractivity (Wildman–Crippen MR) is 62.4 cm³/mol. The summed E-state index contributed by atoms with van der Waals surface area (Å²) >= 11 is 1.61. The second-order valence-electron chi connectivity index (χ2n) is 3.21. The molecule has 1 aromatic carbocycles. The third kappa shape index (κ3) is 1.71. The minimum atomic E-state index is 0.987. The number of hydrogen-bond donors (Lipinski definition) is 0. The molecule has 0 N–H and O–H groups in total. The maximum Gasteiger partial charge on any atom is 0.0772 e. The molecule has 0 nitrogen and oxygen atoms in total. The van der Waals surface area contributed by atoms with Crippen LogP contribution in [0.25, 0.3) is 11.1 Å². The van der Waals surface area contributed by atoms with E-state index in [0.29, 0.717) is 0 Å². The fourth-order valence-corrected chi connectivity index (χ4v) is 2.03. The van der Waals surface area contributed by atoms with Gasteiger partial charge in [0.15, 0.2) is 0 Å². The Kier molecular flexibility index (Phi) is 2.39. The fraction of sp³-hybridized carbons (Fsp3) is 0.0769. The smallest absolute Gasteiger partial charge is 0.0772 e. The number of hydrogen-bond acceptors (Lipinski definition) is 1. The molecule has 2 aromatic rings. The molecule has 0 bridgehead atoms. The van der Waals surface area contributed by atoms with Crippen LogP contribution in [0.3, 0.4) is 0 Å². The highest BCUT2D eigenvalue weighted by Crippen LogP contribution is 2.25. The number of rotatable bonds is 1. The van der Waals surface area contributed by atoms with Crippen molar-refractivity contribution in [3.63, 3.8) is 0 Å². The van der Waals surface area contributed by atoms with Gasteiger partial charge in [-0.3, -0.25) is 0 Å². The fourth-order valence-electron chi connectivity index (χ4n) is 1.31. The highest BCUT2D eigenvalue weighted by Gasteiger charge is 1.99. The molecular weight excluding hydrogens is 188 g/mol. The second-order valence-corrected chi connectivity index (χ2v) is 4.12. The summed E-state index contributed by atoms with van der Waals surface area (Å²) in [6.07, 6.45) is 5.33. The van der Waals surface area contributed by atoms with E-state index in [-0.39, 0.29) is 0 Å². The maximum atomic E-state index is 5.33. The molecule has 68 valence electrons. The molecule has 0 aliphatic carbocycles. The van der Waals surface area contributed by atoms with Crippen LogP contribution in [0.5, 0.6) is 0 Å². The lowest BCUT2D eigenvalue weighted by Crippen LogP contribution is -1.74. The molecule has 14 heavy (non-hydrogen) atoms. The van der Waals surface area contributed by atoms with Gasteiger partial charge in [0.2, 0.25) is 0 Å². The maximum absolute atomic E-state index is 5.33. The molecule has 0 aliphatic rings. The lowest BCUT2D eigenvalue weighted by atomic mass is 10.1. The Morgan fingerprint density at radius 1 is 1.14 bits per heavy atom. The first-order chi connectivity index (χ1) is 6.79. The van der Waals surface area contributed by atoms with Crippen LogP contribution in [0.2, 0.25) is 0 Å². The first kappa shape index (κ1) is 9.05. The van der Waals surface area contributed by atoms with E-state index in [9.17, 15) is 0 Å². The highest BCUT2D eigenvalue weighted by atomic mass is 32.1. The minimum Gasteiger partial charge on any atom is -0.135 e. The van der Waals surface area contributed by atoms with Gasteiger partial charge in [0.25, 0.3) is 0 Å². The molecule has 2 rings (SSSR count). The van der Waals surface area contributed by atoms with E-state index in [1.807, 2.05) is 0 Å².